The number of aryl methyl sites for hydroxylation is 1. The number of carbonyl (C=O) groups excluding carboxylic acids is 1. The van der Waals surface area contributed by atoms with Gasteiger partial charge in [0.05, 0.1) is 36.1 Å². The molecule has 0 spiro atoms. The molecule has 5 rings (SSSR count). The Morgan fingerprint density at radius 3 is 2.67 bits per heavy atom. The Morgan fingerprint density at radius 2 is 1.91 bits per heavy atom. The van der Waals surface area contributed by atoms with Crippen molar-refractivity contribution in [3.05, 3.63) is 82.0 Å². The Morgan fingerprint density at radius 1 is 1.15 bits per heavy atom. The minimum atomic E-state index is -0.261. The van der Waals surface area contributed by atoms with Crippen LogP contribution in [0.4, 0.5) is 0 Å². The van der Waals surface area contributed by atoms with E-state index in [1.54, 1.807) is 13.2 Å². The second-order valence-electron chi connectivity index (χ2n) is 8.26. The fraction of sp³-hybridized carbons (Fsp3) is 0.280. The highest BCUT2D eigenvalue weighted by molar-refractivity contribution is 5.83. The summed E-state index contributed by atoms with van der Waals surface area (Å²) >= 11 is 0. The van der Waals surface area contributed by atoms with Crippen molar-refractivity contribution in [3.63, 3.8) is 0 Å². The first kappa shape index (κ1) is 20.9. The van der Waals surface area contributed by atoms with Gasteiger partial charge in [0.25, 0.3) is 5.56 Å². The van der Waals surface area contributed by atoms with E-state index in [2.05, 4.69) is 15.5 Å². The molecule has 0 radical (unpaired) electrons. The Labute approximate surface area is 190 Å². The number of nitrogens with one attached hydrogen (secondary N) is 1. The molecular weight excluding hydrogens is 418 g/mol. The van der Waals surface area contributed by atoms with Gasteiger partial charge in [0.15, 0.2) is 0 Å². The van der Waals surface area contributed by atoms with Crippen molar-refractivity contribution in [3.8, 4) is 11.4 Å². The van der Waals surface area contributed by atoms with Crippen molar-refractivity contribution in [1.82, 2.24) is 24.9 Å². The lowest BCUT2D eigenvalue weighted by Gasteiger charge is -2.24. The zero-order valence-corrected chi connectivity index (χ0v) is 18.6. The molecule has 0 bridgehead atoms. The number of rotatable bonds is 5. The molecule has 1 aliphatic carbocycles. The fourth-order valence-electron chi connectivity index (χ4n) is 4.54. The van der Waals surface area contributed by atoms with Gasteiger partial charge in [0.2, 0.25) is 5.91 Å². The van der Waals surface area contributed by atoms with Crippen LogP contribution in [0.25, 0.3) is 16.5 Å². The first-order valence-corrected chi connectivity index (χ1v) is 11.0. The van der Waals surface area contributed by atoms with E-state index in [1.807, 2.05) is 60.3 Å². The zero-order valence-electron chi connectivity index (χ0n) is 18.6. The number of hydrogen-bond acceptors (Lipinski definition) is 5. The Bertz CT molecular complexity index is 1390. The van der Waals surface area contributed by atoms with Crippen LogP contribution in [-0.4, -0.2) is 32.6 Å². The number of benzene rings is 2. The summed E-state index contributed by atoms with van der Waals surface area (Å²) in [5.74, 6) is 0.548. The number of amides is 1. The van der Waals surface area contributed by atoms with E-state index in [0.717, 1.165) is 53.0 Å². The van der Waals surface area contributed by atoms with Crippen molar-refractivity contribution < 1.29 is 9.53 Å². The minimum absolute atomic E-state index is 0.122. The smallest absolute Gasteiger partial charge is 0.275 e. The molecule has 8 nitrogen and oxygen atoms in total. The van der Waals surface area contributed by atoms with E-state index >= 15 is 0 Å². The molecule has 4 aromatic rings. The number of ether oxygens (including phenoxy) is 1. The van der Waals surface area contributed by atoms with Crippen molar-refractivity contribution in [2.45, 2.75) is 38.8 Å². The summed E-state index contributed by atoms with van der Waals surface area (Å²) in [4.78, 5) is 25.7. The van der Waals surface area contributed by atoms with E-state index in [0.29, 0.717) is 5.39 Å². The van der Waals surface area contributed by atoms with Gasteiger partial charge in [-0.3, -0.25) is 9.59 Å². The molecule has 168 valence electrons. The summed E-state index contributed by atoms with van der Waals surface area (Å²) in [7, 11) is 1.64. The van der Waals surface area contributed by atoms with Crippen LogP contribution < -0.4 is 15.6 Å². The zero-order chi connectivity index (χ0) is 22.9. The molecule has 1 unspecified atom stereocenters. The van der Waals surface area contributed by atoms with Gasteiger partial charge in [-0.05, 0) is 56.5 Å². The minimum Gasteiger partial charge on any atom is -0.497 e. The van der Waals surface area contributed by atoms with Crippen LogP contribution in [-0.2, 0) is 17.8 Å². The summed E-state index contributed by atoms with van der Waals surface area (Å²) in [5.41, 5.74) is 3.52. The lowest BCUT2D eigenvalue weighted by Crippen LogP contribution is -2.37. The lowest BCUT2D eigenvalue weighted by molar-refractivity contribution is -0.122. The first-order valence-electron chi connectivity index (χ1n) is 11.0. The van der Waals surface area contributed by atoms with Crippen LogP contribution in [0.2, 0.25) is 0 Å². The van der Waals surface area contributed by atoms with Crippen LogP contribution in [0.15, 0.2) is 59.5 Å². The number of fused-ring (bicyclic) bond motifs is 2. The summed E-state index contributed by atoms with van der Waals surface area (Å²) in [6.07, 6.45) is 4.48. The highest BCUT2D eigenvalue weighted by Gasteiger charge is 2.26. The van der Waals surface area contributed by atoms with Gasteiger partial charge in [-0.25, -0.2) is 9.36 Å². The number of nitrogens with zero attached hydrogens (tertiary/aromatic N) is 4. The third-order valence-corrected chi connectivity index (χ3v) is 6.18. The largest absolute Gasteiger partial charge is 0.497 e. The topological polar surface area (TPSA) is 91.0 Å². The van der Waals surface area contributed by atoms with Crippen LogP contribution in [0.3, 0.4) is 0 Å². The van der Waals surface area contributed by atoms with Gasteiger partial charge < -0.3 is 10.1 Å². The Hall–Kier alpha value is -3.94. The lowest BCUT2D eigenvalue weighted by atomic mass is 9.93. The predicted molar refractivity (Wildman–Crippen MR) is 125 cm³/mol. The molecule has 1 N–H and O–H groups in total. The molecule has 0 saturated carbocycles. The van der Waals surface area contributed by atoms with Gasteiger partial charge >= 0.3 is 0 Å². The van der Waals surface area contributed by atoms with Crippen LogP contribution >= 0.6 is 0 Å². The molecule has 2 aromatic carbocycles. The Balaban J connectivity index is 1.37. The second kappa shape index (κ2) is 8.54. The maximum Gasteiger partial charge on any atom is 0.275 e. The maximum atomic E-state index is 12.9. The number of methoxy groups -OCH3 is 1. The molecule has 2 heterocycles. The molecule has 1 atom stereocenters. The second-order valence-corrected chi connectivity index (χ2v) is 8.26. The van der Waals surface area contributed by atoms with Gasteiger partial charge in [-0.15, -0.1) is 0 Å². The molecule has 8 heteroatoms. The van der Waals surface area contributed by atoms with Crippen molar-refractivity contribution in [2.24, 2.45) is 0 Å². The van der Waals surface area contributed by atoms with Gasteiger partial charge in [0, 0.05) is 16.6 Å². The normalized spacial score (nSPS) is 15.3. The first-order chi connectivity index (χ1) is 16.0. The van der Waals surface area contributed by atoms with E-state index in [4.69, 9.17) is 4.74 Å². The van der Waals surface area contributed by atoms with E-state index < -0.39 is 0 Å². The summed E-state index contributed by atoms with van der Waals surface area (Å²) < 4.78 is 8.41. The molecule has 33 heavy (non-hydrogen) atoms. The van der Waals surface area contributed by atoms with Crippen LogP contribution in [0, 0.1) is 6.92 Å². The van der Waals surface area contributed by atoms with Crippen molar-refractivity contribution in [2.75, 3.05) is 7.11 Å². The third-order valence-electron chi connectivity index (χ3n) is 6.18. The highest BCUT2D eigenvalue weighted by Crippen LogP contribution is 2.31. The number of aromatic nitrogens is 4. The average Bonchev–Trinajstić information content (AvgIpc) is 3.28. The molecule has 1 amide bonds. The summed E-state index contributed by atoms with van der Waals surface area (Å²) in [6, 6.07) is 14.9. The van der Waals surface area contributed by atoms with Gasteiger partial charge in [-0.2, -0.15) is 10.2 Å². The molecule has 0 fully saturated rings. The number of hydrogen-bond donors (Lipinski definition) is 1. The predicted octanol–water partition coefficient (Wildman–Crippen LogP) is 3.09. The summed E-state index contributed by atoms with van der Waals surface area (Å²) in [6.45, 7) is 1.72. The van der Waals surface area contributed by atoms with Crippen molar-refractivity contribution >= 4 is 16.7 Å². The average molecular weight is 444 g/mol. The molecule has 0 aliphatic heterocycles. The SMILES string of the molecule is COc1ccc(-n2ncc3c2CCCC3NC(=O)Cn2nc(C)c3ccccc3c2=O)cc1. The van der Waals surface area contributed by atoms with Gasteiger partial charge in [-0.1, -0.05) is 18.2 Å². The fourth-order valence-corrected chi connectivity index (χ4v) is 4.54. The van der Waals surface area contributed by atoms with E-state index in [-0.39, 0.29) is 24.1 Å². The molecule has 1 aliphatic rings. The van der Waals surface area contributed by atoms with E-state index in [1.165, 1.54) is 4.68 Å². The Kier molecular flexibility index (Phi) is 5.42. The standard InChI is InChI=1S/C25H25N5O3/c1-16-19-6-3-4-7-20(19)25(32)29(28-16)15-24(31)27-22-8-5-9-23-21(22)14-26-30(23)17-10-12-18(33-2)13-11-17/h3-4,6-7,10-14,22H,5,8-9,15H2,1-2H3,(H,27,31). The van der Waals surface area contributed by atoms with E-state index in [9.17, 15) is 9.59 Å². The molecule has 2 aromatic heterocycles. The van der Waals surface area contributed by atoms with Crippen LogP contribution in [0.5, 0.6) is 5.75 Å². The van der Waals surface area contributed by atoms with Gasteiger partial charge in [0.1, 0.15) is 12.3 Å². The van der Waals surface area contributed by atoms with Crippen LogP contribution in [0.1, 0.15) is 35.8 Å². The molecule has 0 saturated heterocycles. The monoisotopic (exact) mass is 443 g/mol. The third kappa shape index (κ3) is 3.88. The quantitative estimate of drug-likeness (QED) is 0.512. The van der Waals surface area contributed by atoms with Crippen molar-refractivity contribution in [1.29, 1.82) is 0 Å². The summed E-state index contributed by atoms with van der Waals surface area (Å²) in [5, 5.41) is 13.4. The number of carbonyl (C=O) groups is 1. The molecular formula is C25H25N5O3. The maximum absolute atomic E-state index is 12.9. The highest BCUT2D eigenvalue weighted by atomic mass is 16.5.